The molecule has 3 atom stereocenters. The van der Waals surface area contributed by atoms with Gasteiger partial charge < -0.3 is 24.7 Å². The van der Waals surface area contributed by atoms with Gasteiger partial charge in [0.1, 0.15) is 5.75 Å². The van der Waals surface area contributed by atoms with Crippen molar-refractivity contribution in [3.63, 3.8) is 0 Å². The first kappa shape index (κ1) is 25.9. The summed E-state index contributed by atoms with van der Waals surface area (Å²) in [6.07, 6.45) is 8.05. The fourth-order valence-corrected chi connectivity index (χ4v) is 5.37. The van der Waals surface area contributed by atoms with Crippen molar-refractivity contribution in [1.82, 2.24) is 10.3 Å². The van der Waals surface area contributed by atoms with Gasteiger partial charge in [-0.25, -0.2) is 4.98 Å². The van der Waals surface area contributed by atoms with Crippen LogP contribution in [-0.4, -0.2) is 47.7 Å². The molecule has 0 amide bonds. The zero-order chi connectivity index (χ0) is 26.5. The first-order valence-corrected chi connectivity index (χ1v) is 13.0. The van der Waals surface area contributed by atoms with E-state index in [4.69, 9.17) is 4.42 Å². The van der Waals surface area contributed by atoms with Crippen LogP contribution in [-0.2, 0) is 0 Å². The third-order valence-electron chi connectivity index (χ3n) is 7.24. The van der Waals surface area contributed by atoms with Crippen LogP contribution < -0.4 is 20.3 Å². The molecule has 0 spiro atoms. The number of benzene rings is 2. The Morgan fingerprint density at radius 3 is 2.47 bits per heavy atom. The second-order valence-electron chi connectivity index (χ2n) is 9.80. The fourth-order valence-electron chi connectivity index (χ4n) is 5.37. The van der Waals surface area contributed by atoms with E-state index in [1.165, 1.54) is 12.1 Å². The van der Waals surface area contributed by atoms with Crippen molar-refractivity contribution < 1.29 is 22.9 Å². The van der Waals surface area contributed by atoms with E-state index in [2.05, 4.69) is 25.3 Å². The van der Waals surface area contributed by atoms with E-state index in [9.17, 15) is 18.9 Å². The van der Waals surface area contributed by atoms with Gasteiger partial charge >= 0.3 is 6.61 Å². The van der Waals surface area contributed by atoms with E-state index in [0.29, 0.717) is 17.8 Å². The van der Waals surface area contributed by atoms with Crippen LogP contribution in [0.1, 0.15) is 38.5 Å². The Labute approximate surface area is 219 Å². The Morgan fingerprint density at radius 1 is 1.03 bits per heavy atom. The normalized spacial score (nSPS) is 21.9. The number of anilines is 2. The number of halogens is 2. The smallest absolute Gasteiger partial charge is 0.387 e. The van der Waals surface area contributed by atoms with E-state index in [0.717, 1.165) is 62.9 Å². The summed E-state index contributed by atoms with van der Waals surface area (Å²) in [5, 5.41) is 18.3. The molecule has 1 unspecified atom stereocenters. The lowest BCUT2D eigenvalue weighted by molar-refractivity contribution is -0.384. The van der Waals surface area contributed by atoms with Crippen LogP contribution in [0, 0.1) is 10.1 Å². The lowest BCUT2D eigenvalue weighted by Crippen LogP contribution is -2.54. The number of non-ortho nitro benzene ring substituents is 1. The molecule has 1 aromatic heterocycles. The molecule has 2 aliphatic rings. The van der Waals surface area contributed by atoms with Crippen LogP contribution in [0.4, 0.5) is 26.2 Å². The van der Waals surface area contributed by atoms with Crippen LogP contribution >= 0.6 is 0 Å². The average molecular weight is 528 g/mol. The van der Waals surface area contributed by atoms with Crippen molar-refractivity contribution in [3.05, 3.63) is 64.8 Å². The number of rotatable bonds is 9. The highest BCUT2D eigenvalue weighted by Gasteiger charge is 2.30. The number of alkyl halides is 2. The van der Waals surface area contributed by atoms with Gasteiger partial charge in [-0.15, -0.1) is 0 Å². The second kappa shape index (κ2) is 11.8. The number of nitro groups is 1. The summed E-state index contributed by atoms with van der Waals surface area (Å²) in [6, 6.07) is 14.2. The molecule has 0 radical (unpaired) electrons. The molecule has 2 fully saturated rings. The van der Waals surface area contributed by atoms with E-state index in [-0.39, 0.29) is 28.4 Å². The topological polar surface area (TPSA) is 106 Å². The van der Waals surface area contributed by atoms with Gasteiger partial charge in [0.05, 0.1) is 11.1 Å². The lowest BCUT2D eigenvalue weighted by Gasteiger charge is -2.40. The quantitative estimate of drug-likeness (QED) is 0.264. The Hall–Kier alpha value is -3.73. The van der Waals surface area contributed by atoms with Crippen molar-refractivity contribution in [2.24, 2.45) is 0 Å². The molecule has 1 aliphatic carbocycles. The van der Waals surface area contributed by atoms with Crippen LogP contribution in [0.3, 0.4) is 0 Å². The van der Waals surface area contributed by atoms with Gasteiger partial charge in [-0.05, 0) is 62.1 Å². The molecule has 1 saturated heterocycles. The van der Waals surface area contributed by atoms with E-state index in [1.807, 2.05) is 12.1 Å². The Balaban J connectivity index is 1.19. The van der Waals surface area contributed by atoms with Crippen molar-refractivity contribution in [1.29, 1.82) is 0 Å². The number of ether oxygens (including phenoxy) is 1. The van der Waals surface area contributed by atoms with Gasteiger partial charge in [-0.3, -0.25) is 10.1 Å². The Bertz CT molecular complexity index is 1200. The molecule has 38 heavy (non-hydrogen) atoms. The largest absolute Gasteiger partial charge is 0.435 e. The predicted octanol–water partition coefficient (Wildman–Crippen LogP) is 5.83. The average Bonchev–Trinajstić information content (AvgIpc) is 3.39. The summed E-state index contributed by atoms with van der Waals surface area (Å²) in [5.74, 6) is 0.634. The number of piperidine rings is 1. The molecular weight excluding hydrogens is 496 g/mol. The fraction of sp³-hybridized carbons (Fsp3) is 0.444. The zero-order valence-corrected chi connectivity index (χ0v) is 20.9. The van der Waals surface area contributed by atoms with E-state index >= 15 is 0 Å². The minimum absolute atomic E-state index is 0.0904. The number of aromatic nitrogens is 1. The van der Waals surface area contributed by atoms with Crippen LogP contribution in [0.25, 0.3) is 11.3 Å². The molecule has 0 bridgehead atoms. The van der Waals surface area contributed by atoms with Crippen molar-refractivity contribution in [3.8, 4) is 17.1 Å². The molecule has 1 saturated carbocycles. The Kier molecular flexibility index (Phi) is 8.02. The van der Waals surface area contributed by atoms with Gasteiger partial charge in [0, 0.05) is 54.6 Å². The summed E-state index contributed by atoms with van der Waals surface area (Å²) in [6.45, 7) is -1.09. The molecule has 3 aromatic rings. The van der Waals surface area contributed by atoms with Gasteiger partial charge in [0.15, 0.2) is 5.76 Å². The maximum Gasteiger partial charge on any atom is 0.387 e. The molecule has 11 heteroatoms. The number of nitro benzene ring substituents is 1. The number of nitrogens with one attached hydrogen (secondary N) is 2. The molecule has 2 N–H and O–H groups in total. The number of oxazole rings is 1. The minimum Gasteiger partial charge on any atom is -0.435 e. The van der Waals surface area contributed by atoms with Crippen LogP contribution in [0.5, 0.6) is 5.75 Å². The SMILES string of the molecule is O=[N+]([O-])c1ccc(N2CCCC(N[C@@H]3CCCC[C@H]3Nc3ncc(-c4ccc(OC(F)F)cc4)o3)C2)cc1. The summed E-state index contributed by atoms with van der Waals surface area (Å²) in [4.78, 5) is 17.3. The third kappa shape index (κ3) is 6.39. The second-order valence-corrected chi connectivity index (χ2v) is 9.80. The highest BCUT2D eigenvalue weighted by atomic mass is 19.3. The molecular formula is C27H31F2N5O4. The third-order valence-corrected chi connectivity index (χ3v) is 7.24. The molecule has 9 nitrogen and oxygen atoms in total. The predicted molar refractivity (Wildman–Crippen MR) is 140 cm³/mol. The highest BCUT2D eigenvalue weighted by Crippen LogP contribution is 2.29. The molecule has 2 heterocycles. The Morgan fingerprint density at radius 2 is 1.76 bits per heavy atom. The summed E-state index contributed by atoms with van der Waals surface area (Å²) >= 11 is 0. The number of hydrogen-bond acceptors (Lipinski definition) is 8. The maximum atomic E-state index is 12.4. The minimum atomic E-state index is -2.86. The molecule has 202 valence electrons. The maximum absolute atomic E-state index is 12.4. The first-order chi connectivity index (χ1) is 18.4. The monoisotopic (exact) mass is 527 g/mol. The van der Waals surface area contributed by atoms with Crippen molar-refractivity contribution >= 4 is 17.4 Å². The molecule has 5 rings (SSSR count). The van der Waals surface area contributed by atoms with Gasteiger partial charge in [-0.2, -0.15) is 8.78 Å². The molecule has 1 aliphatic heterocycles. The summed E-state index contributed by atoms with van der Waals surface area (Å²) in [5.41, 5.74) is 1.82. The zero-order valence-electron chi connectivity index (χ0n) is 20.9. The highest BCUT2D eigenvalue weighted by molar-refractivity contribution is 5.58. The van der Waals surface area contributed by atoms with Crippen LogP contribution in [0.2, 0.25) is 0 Å². The lowest BCUT2D eigenvalue weighted by atomic mass is 9.89. The van der Waals surface area contributed by atoms with Gasteiger partial charge in [-0.1, -0.05) is 12.8 Å². The standard InChI is InChI=1S/C27H31F2N5O4/c28-26(29)37-22-13-7-18(8-14-22)25-16-30-27(38-25)32-24-6-2-1-5-23(24)31-19-4-3-15-33(17-19)20-9-11-21(12-10-20)34(35)36/h7-14,16,19,23-24,26,31H,1-6,15,17H2,(H,30,32)/t19?,23-,24-/m1/s1. The van der Waals surface area contributed by atoms with Crippen molar-refractivity contribution in [2.45, 2.75) is 63.3 Å². The summed E-state index contributed by atoms with van der Waals surface area (Å²) < 4.78 is 35.1. The van der Waals surface area contributed by atoms with Crippen molar-refractivity contribution in [2.75, 3.05) is 23.3 Å². The van der Waals surface area contributed by atoms with E-state index in [1.54, 1.807) is 30.5 Å². The van der Waals surface area contributed by atoms with Gasteiger partial charge in [0.25, 0.3) is 11.7 Å². The number of nitrogens with zero attached hydrogens (tertiary/aromatic N) is 3. The first-order valence-electron chi connectivity index (χ1n) is 13.0. The van der Waals surface area contributed by atoms with Gasteiger partial charge in [0.2, 0.25) is 0 Å². The van der Waals surface area contributed by atoms with Crippen LogP contribution in [0.15, 0.2) is 59.1 Å². The number of hydrogen-bond donors (Lipinski definition) is 2. The summed E-state index contributed by atoms with van der Waals surface area (Å²) in [7, 11) is 0. The molecule has 2 aromatic carbocycles. The van der Waals surface area contributed by atoms with E-state index < -0.39 is 6.61 Å².